The number of ether oxygens (including phenoxy) is 2. The van der Waals surface area contributed by atoms with E-state index in [0.717, 1.165) is 10.6 Å². The van der Waals surface area contributed by atoms with Gasteiger partial charge in [-0.2, -0.15) is 4.98 Å². The Bertz CT molecular complexity index is 953. The molecule has 7 nitrogen and oxygen atoms in total. The van der Waals surface area contributed by atoms with Crippen LogP contribution in [0.3, 0.4) is 0 Å². The second-order valence-electron chi connectivity index (χ2n) is 6.17. The van der Waals surface area contributed by atoms with E-state index in [1.54, 1.807) is 16.2 Å². The van der Waals surface area contributed by atoms with Crippen LogP contribution in [0.25, 0.3) is 10.7 Å². The molecule has 0 bridgehead atoms. The minimum atomic E-state index is -0.114. The molecule has 1 fully saturated rings. The highest BCUT2D eigenvalue weighted by molar-refractivity contribution is 7.13. The van der Waals surface area contributed by atoms with Crippen LogP contribution < -0.4 is 14.4 Å². The first-order chi connectivity index (χ1) is 12.8. The van der Waals surface area contributed by atoms with E-state index in [-0.39, 0.29) is 11.8 Å². The van der Waals surface area contributed by atoms with Gasteiger partial charge in [0.1, 0.15) is 13.2 Å². The molecule has 0 N–H and O–H groups in total. The summed E-state index contributed by atoms with van der Waals surface area (Å²) in [6.45, 7) is 1.56. The van der Waals surface area contributed by atoms with Crippen molar-refractivity contribution in [3.05, 3.63) is 41.6 Å². The van der Waals surface area contributed by atoms with Gasteiger partial charge in [-0.1, -0.05) is 11.2 Å². The van der Waals surface area contributed by atoms with Gasteiger partial charge in [0.15, 0.2) is 11.5 Å². The van der Waals surface area contributed by atoms with Gasteiger partial charge in [-0.3, -0.25) is 4.79 Å². The highest BCUT2D eigenvalue weighted by Crippen LogP contribution is 2.37. The van der Waals surface area contributed by atoms with Crippen molar-refractivity contribution in [2.24, 2.45) is 0 Å². The monoisotopic (exact) mass is 369 g/mol. The molecule has 8 heteroatoms. The lowest BCUT2D eigenvalue weighted by Crippen LogP contribution is -2.24. The third-order valence-corrected chi connectivity index (χ3v) is 5.36. The van der Waals surface area contributed by atoms with Crippen LogP contribution in [-0.2, 0) is 4.79 Å². The number of hydrogen-bond acceptors (Lipinski definition) is 7. The van der Waals surface area contributed by atoms with Gasteiger partial charge in [-0.15, -0.1) is 11.3 Å². The number of thiophene rings is 1. The molecule has 1 unspecified atom stereocenters. The molecule has 2 aromatic heterocycles. The average Bonchev–Trinajstić information content (AvgIpc) is 3.41. The third-order valence-electron chi connectivity index (χ3n) is 4.50. The van der Waals surface area contributed by atoms with Gasteiger partial charge in [-0.05, 0) is 23.6 Å². The molecular formula is C18H15N3O4S. The first kappa shape index (κ1) is 15.4. The van der Waals surface area contributed by atoms with E-state index < -0.39 is 0 Å². The lowest BCUT2D eigenvalue weighted by atomic mass is 10.1. The molecule has 132 valence electrons. The highest BCUT2D eigenvalue weighted by Gasteiger charge is 2.35. The predicted molar refractivity (Wildman–Crippen MR) is 94.8 cm³/mol. The van der Waals surface area contributed by atoms with Gasteiger partial charge in [0.2, 0.25) is 17.6 Å². The zero-order chi connectivity index (χ0) is 17.5. The highest BCUT2D eigenvalue weighted by atomic mass is 32.1. The lowest BCUT2D eigenvalue weighted by molar-refractivity contribution is -0.117. The molecule has 26 heavy (non-hydrogen) atoms. The molecule has 3 aromatic rings. The van der Waals surface area contributed by atoms with Gasteiger partial charge in [0.25, 0.3) is 0 Å². The Hall–Kier alpha value is -2.87. The summed E-state index contributed by atoms with van der Waals surface area (Å²) < 4.78 is 16.6. The quantitative estimate of drug-likeness (QED) is 0.706. The third kappa shape index (κ3) is 2.62. The molecule has 0 aliphatic carbocycles. The molecule has 0 spiro atoms. The van der Waals surface area contributed by atoms with Gasteiger partial charge in [0.05, 0.1) is 10.8 Å². The van der Waals surface area contributed by atoms with Gasteiger partial charge in [0, 0.05) is 24.7 Å². The molecule has 1 atom stereocenters. The topological polar surface area (TPSA) is 77.7 Å². The van der Waals surface area contributed by atoms with E-state index >= 15 is 0 Å². The van der Waals surface area contributed by atoms with E-state index in [9.17, 15) is 4.79 Å². The average molecular weight is 369 g/mol. The standard InChI is InChI=1S/C18H15N3O4S/c22-16-8-11(18-19-17(20-25-18)15-2-1-7-26-15)10-21(16)12-3-4-13-14(9-12)24-6-5-23-13/h1-4,7,9,11H,5-6,8,10H2. The summed E-state index contributed by atoms with van der Waals surface area (Å²) in [7, 11) is 0. The van der Waals surface area contributed by atoms with Crippen molar-refractivity contribution in [3.63, 3.8) is 0 Å². The molecule has 5 rings (SSSR count). The predicted octanol–water partition coefficient (Wildman–Crippen LogP) is 3.09. The number of aromatic nitrogens is 2. The smallest absolute Gasteiger partial charge is 0.232 e. The molecule has 1 aromatic carbocycles. The number of fused-ring (bicyclic) bond motifs is 1. The first-order valence-corrected chi connectivity index (χ1v) is 9.23. The minimum Gasteiger partial charge on any atom is -0.486 e. The Labute approximate surface area is 153 Å². The largest absolute Gasteiger partial charge is 0.486 e. The molecule has 1 amide bonds. The molecular weight excluding hydrogens is 354 g/mol. The van der Waals surface area contributed by atoms with Crippen LogP contribution in [0, 0.1) is 0 Å². The normalized spacial score (nSPS) is 19.2. The second-order valence-corrected chi connectivity index (χ2v) is 7.11. The van der Waals surface area contributed by atoms with Crippen molar-refractivity contribution in [2.45, 2.75) is 12.3 Å². The molecule has 0 radical (unpaired) electrons. The number of hydrogen-bond donors (Lipinski definition) is 0. The Morgan fingerprint density at radius 2 is 2.04 bits per heavy atom. The number of amides is 1. The van der Waals surface area contributed by atoms with Crippen molar-refractivity contribution >= 4 is 22.9 Å². The fourth-order valence-electron chi connectivity index (χ4n) is 3.23. The summed E-state index contributed by atoms with van der Waals surface area (Å²) in [4.78, 5) is 19.7. The Balaban J connectivity index is 1.38. The SMILES string of the molecule is O=C1CC(c2nc(-c3cccs3)no2)CN1c1ccc2c(c1)OCCO2. The number of carbonyl (C=O) groups is 1. The molecule has 2 aliphatic rings. The maximum Gasteiger partial charge on any atom is 0.232 e. The second kappa shape index (κ2) is 6.14. The molecule has 1 saturated heterocycles. The fourth-order valence-corrected chi connectivity index (χ4v) is 3.88. The Morgan fingerprint density at radius 1 is 1.15 bits per heavy atom. The van der Waals surface area contributed by atoms with Gasteiger partial charge in [-0.25, -0.2) is 0 Å². The van der Waals surface area contributed by atoms with E-state index in [1.165, 1.54) is 0 Å². The zero-order valence-electron chi connectivity index (χ0n) is 13.8. The van der Waals surface area contributed by atoms with Crippen LogP contribution in [0.5, 0.6) is 11.5 Å². The van der Waals surface area contributed by atoms with E-state index in [0.29, 0.717) is 49.4 Å². The Kier molecular flexibility index (Phi) is 3.63. The van der Waals surface area contributed by atoms with Crippen LogP contribution in [0.1, 0.15) is 18.2 Å². The van der Waals surface area contributed by atoms with Crippen LogP contribution >= 0.6 is 11.3 Å². The maximum atomic E-state index is 12.5. The van der Waals surface area contributed by atoms with Crippen molar-refractivity contribution in [1.82, 2.24) is 10.1 Å². The summed E-state index contributed by atoms with van der Waals surface area (Å²) in [5.41, 5.74) is 0.791. The lowest BCUT2D eigenvalue weighted by Gasteiger charge is -2.22. The van der Waals surface area contributed by atoms with E-state index in [1.807, 2.05) is 35.7 Å². The molecule has 0 saturated carbocycles. The van der Waals surface area contributed by atoms with Crippen molar-refractivity contribution in [3.8, 4) is 22.2 Å². The maximum absolute atomic E-state index is 12.5. The number of carbonyl (C=O) groups excluding carboxylic acids is 1. The number of anilines is 1. The van der Waals surface area contributed by atoms with Crippen LogP contribution in [0.15, 0.2) is 40.2 Å². The van der Waals surface area contributed by atoms with Gasteiger partial charge >= 0.3 is 0 Å². The summed E-state index contributed by atoms with van der Waals surface area (Å²) in [5, 5.41) is 6.01. The van der Waals surface area contributed by atoms with Crippen LogP contribution in [0.2, 0.25) is 0 Å². The van der Waals surface area contributed by atoms with Crippen molar-refractivity contribution in [2.75, 3.05) is 24.7 Å². The number of benzene rings is 1. The van der Waals surface area contributed by atoms with Crippen LogP contribution in [0.4, 0.5) is 5.69 Å². The summed E-state index contributed by atoms with van der Waals surface area (Å²) in [6, 6.07) is 9.45. The van der Waals surface area contributed by atoms with Crippen molar-refractivity contribution in [1.29, 1.82) is 0 Å². The van der Waals surface area contributed by atoms with E-state index in [4.69, 9.17) is 14.0 Å². The zero-order valence-corrected chi connectivity index (χ0v) is 14.6. The van der Waals surface area contributed by atoms with Gasteiger partial charge < -0.3 is 18.9 Å². The minimum absolute atomic E-state index is 0.0301. The number of nitrogens with zero attached hydrogens (tertiary/aromatic N) is 3. The molecule has 2 aliphatic heterocycles. The van der Waals surface area contributed by atoms with Crippen LogP contribution in [-0.4, -0.2) is 35.8 Å². The Morgan fingerprint density at radius 3 is 2.88 bits per heavy atom. The van der Waals surface area contributed by atoms with Crippen molar-refractivity contribution < 1.29 is 18.8 Å². The summed E-state index contributed by atoms with van der Waals surface area (Å²) in [5.74, 6) is 2.37. The first-order valence-electron chi connectivity index (χ1n) is 8.35. The number of rotatable bonds is 3. The molecule has 4 heterocycles. The summed E-state index contributed by atoms with van der Waals surface area (Å²) in [6.07, 6.45) is 0.348. The van der Waals surface area contributed by atoms with E-state index in [2.05, 4.69) is 10.1 Å². The summed E-state index contributed by atoms with van der Waals surface area (Å²) >= 11 is 1.55. The fraction of sp³-hybridized carbons (Fsp3) is 0.278.